The highest BCUT2D eigenvalue weighted by molar-refractivity contribution is 6.31. The Morgan fingerprint density at radius 3 is 2.53 bits per heavy atom. The highest BCUT2D eigenvalue weighted by atomic mass is 35.5. The van der Waals surface area contributed by atoms with Crippen LogP contribution < -0.4 is 5.32 Å². The van der Waals surface area contributed by atoms with Crippen LogP contribution in [-0.2, 0) is 6.61 Å². The zero-order valence-electron chi connectivity index (χ0n) is 18.5. The number of aliphatic hydroxyl groups excluding tert-OH is 1. The molecule has 0 aliphatic carbocycles. The second-order valence-electron chi connectivity index (χ2n) is 7.89. The van der Waals surface area contributed by atoms with Gasteiger partial charge in [-0.2, -0.15) is 0 Å². The first-order chi connectivity index (χ1) is 15.4. The number of hydrogen-bond donors (Lipinski definition) is 2. The summed E-state index contributed by atoms with van der Waals surface area (Å²) in [5.74, 6) is 0.686. The first-order valence-electron chi connectivity index (χ1n) is 10.3. The molecule has 2 N–H and O–H groups in total. The fourth-order valence-corrected chi connectivity index (χ4v) is 3.96. The van der Waals surface area contributed by atoms with Crippen LogP contribution >= 0.6 is 11.6 Å². The molecule has 0 saturated heterocycles. The van der Waals surface area contributed by atoms with Crippen LogP contribution in [0.25, 0.3) is 17.1 Å². The topological polar surface area (TPSA) is 88.8 Å². The Labute approximate surface area is 192 Å². The van der Waals surface area contributed by atoms with Crippen LogP contribution in [0.15, 0.2) is 48.9 Å². The van der Waals surface area contributed by atoms with Crippen LogP contribution in [0.5, 0.6) is 0 Å². The molecule has 0 amide bonds. The summed E-state index contributed by atoms with van der Waals surface area (Å²) >= 11 is 6.41. The third-order valence-electron chi connectivity index (χ3n) is 5.31. The van der Waals surface area contributed by atoms with Gasteiger partial charge in [0.25, 0.3) is 0 Å². The van der Waals surface area contributed by atoms with Gasteiger partial charge in [-0.25, -0.2) is 9.97 Å². The summed E-state index contributed by atoms with van der Waals surface area (Å²) in [4.78, 5) is 8.85. The molecule has 3 heterocycles. The number of anilines is 1. The molecule has 1 aromatic carbocycles. The van der Waals surface area contributed by atoms with Crippen LogP contribution in [0.1, 0.15) is 41.0 Å². The number of imidazole rings is 1. The molecule has 0 aliphatic rings. The second kappa shape index (κ2) is 9.06. The van der Waals surface area contributed by atoms with Crippen molar-refractivity contribution in [2.24, 2.45) is 0 Å². The van der Waals surface area contributed by atoms with Crippen LogP contribution in [0.3, 0.4) is 0 Å². The number of pyridine rings is 1. The predicted molar refractivity (Wildman–Crippen MR) is 126 cm³/mol. The molecule has 8 heteroatoms. The van der Waals surface area contributed by atoms with Crippen LogP contribution in [0.2, 0.25) is 5.02 Å². The van der Waals surface area contributed by atoms with E-state index in [0.717, 1.165) is 33.1 Å². The van der Waals surface area contributed by atoms with E-state index in [1.54, 1.807) is 6.33 Å². The third-order valence-corrected chi connectivity index (χ3v) is 5.64. The van der Waals surface area contributed by atoms with E-state index < -0.39 is 0 Å². The highest BCUT2D eigenvalue weighted by Crippen LogP contribution is 2.28. The smallest absolute Gasteiger partial charge is 0.152 e. The minimum atomic E-state index is -0.193. The molecule has 0 spiro atoms. The van der Waals surface area contributed by atoms with E-state index in [1.807, 2.05) is 74.9 Å². The van der Waals surface area contributed by atoms with Gasteiger partial charge < -0.3 is 15.0 Å². The molecular formula is C24H25ClN6O. The van der Waals surface area contributed by atoms with Crippen molar-refractivity contribution < 1.29 is 5.11 Å². The molecule has 0 unspecified atom stereocenters. The van der Waals surface area contributed by atoms with Gasteiger partial charge in [-0.1, -0.05) is 23.7 Å². The molecule has 4 rings (SSSR count). The van der Waals surface area contributed by atoms with Crippen LogP contribution in [-0.4, -0.2) is 29.8 Å². The fourth-order valence-electron chi connectivity index (χ4n) is 3.56. The summed E-state index contributed by atoms with van der Waals surface area (Å²) in [5, 5.41) is 22.7. The largest absolute Gasteiger partial charge is 0.390 e. The summed E-state index contributed by atoms with van der Waals surface area (Å²) in [7, 11) is 0. The van der Waals surface area contributed by atoms with Gasteiger partial charge in [0.05, 0.1) is 41.7 Å². The van der Waals surface area contributed by atoms with Gasteiger partial charge in [-0.05, 0) is 68.7 Å². The lowest BCUT2D eigenvalue weighted by atomic mass is 10.1. The molecule has 7 nitrogen and oxygen atoms in total. The second-order valence-corrected chi connectivity index (χ2v) is 8.30. The van der Waals surface area contributed by atoms with E-state index in [-0.39, 0.29) is 12.6 Å². The number of halogens is 1. The number of aryl methyl sites for hydroxylation is 3. The van der Waals surface area contributed by atoms with E-state index in [4.69, 9.17) is 11.6 Å². The van der Waals surface area contributed by atoms with Crippen molar-refractivity contribution in [2.45, 2.75) is 40.3 Å². The van der Waals surface area contributed by atoms with E-state index in [1.165, 1.54) is 0 Å². The molecule has 0 radical (unpaired) electrons. The Kier molecular flexibility index (Phi) is 6.21. The Bertz CT molecular complexity index is 1270. The SMILES string of the molecule is Cc1ccc([C@@H](C)Nc2nnc(-c3ccc(-n4cnc(C)c4)c(CO)n3)cc2C)c(Cl)c1. The Balaban J connectivity index is 1.59. The van der Waals surface area contributed by atoms with Gasteiger partial charge in [0.15, 0.2) is 5.82 Å². The maximum absolute atomic E-state index is 9.85. The van der Waals surface area contributed by atoms with E-state index in [0.29, 0.717) is 22.9 Å². The summed E-state index contributed by atoms with van der Waals surface area (Å²) in [6.07, 6.45) is 3.60. The van der Waals surface area contributed by atoms with E-state index in [9.17, 15) is 5.11 Å². The molecule has 4 aromatic rings. The molecule has 0 fully saturated rings. The van der Waals surface area contributed by atoms with Gasteiger partial charge in [0.1, 0.15) is 5.69 Å². The summed E-state index contributed by atoms with van der Waals surface area (Å²) in [6.45, 7) is 7.75. The quantitative estimate of drug-likeness (QED) is 0.433. The van der Waals surface area contributed by atoms with Crippen molar-refractivity contribution in [3.8, 4) is 17.1 Å². The van der Waals surface area contributed by atoms with Crippen molar-refractivity contribution in [3.63, 3.8) is 0 Å². The number of benzene rings is 1. The van der Waals surface area contributed by atoms with Crippen molar-refractivity contribution in [1.29, 1.82) is 0 Å². The van der Waals surface area contributed by atoms with Crippen LogP contribution in [0.4, 0.5) is 5.82 Å². The number of aromatic nitrogens is 5. The summed E-state index contributed by atoms with van der Waals surface area (Å²) < 4.78 is 1.85. The number of aliphatic hydroxyl groups is 1. The van der Waals surface area contributed by atoms with Crippen molar-refractivity contribution in [1.82, 2.24) is 24.7 Å². The van der Waals surface area contributed by atoms with Crippen molar-refractivity contribution in [2.75, 3.05) is 5.32 Å². The first kappa shape index (κ1) is 21.9. The Hall–Kier alpha value is -3.29. The minimum absolute atomic E-state index is 0.0287. The Morgan fingerprint density at radius 2 is 1.88 bits per heavy atom. The maximum Gasteiger partial charge on any atom is 0.152 e. The molecule has 0 aliphatic heterocycles. The Morgan fingerprint density at radius 1 is 1.06 bits per heavy atom. The van der Waals surface area contributed by atoms with Crippen molar-refractivity contribution >= 4 is 17.4 Å². The highest BCUT2D eigenvalue weighted by Gasteiger charge is 2.15. The van der Waals surface area contributed by atoms with Gasteiger partial charge in [-0.15, -0.1) is 10.2 Å². The number of nitrogens with zero attached hydrogens (tertiary/aromatic N) is 5. The monoisotopic (exact) mass is 448 g/mol. The summed E-state index contributed by atoms with van der Waals surface area (Å²) in [6, 6.07) is 11.7. The summed E-state index contributed by atoms with van der Waals surface area (Å²) in [5.41, 5.74) is 6.56. The van der Waals surface area contributed by atoms with E-state index in [2.05, 4.69) is 25.5 Å². The molecule has 32 heavy (non-hydrogen) atoms. The average molecular weight is 449 g/mol. The molecule has 3 aromatic heterocycles. The number of nitrogens with one attached hydrogen (secondary N) is 1. The van der Waals surface area contributed by atoms with Gasteiger partial charge >= 0.3 is 0 Å². The lowest BCUT2D eigenvalue weighted by molar-refractivity contribution is 0.276. The molecule has 1 atom stereocenters. The zero-order chi connectivity index (χ0) is 22.8. The molecule has 0 saturated carbocycles. The first-order valence-corrected chi connectivity index (χ1v) is 10.7. The molecule has 164 valence electrons. The van der Waals surface area contributed by atoms with Crippen LogP contribution in [0, 0.1) is 20.8 Å². The lowest BCUT2D eigenvalue weighted by Crippen LogP contribution is -2.11. The van der Waals surface area contributed by atoms with Gasteiger partial charge in [0, 0.05) is 11.2 Å². The zero-order valence-corrected chi connectivity index (χ0v) is 19.2. The van der Waals surface area contributed by atoms with Crippen molar-refractivity contribution in [3.05, 3.63) is 82.0 Å². The normalized spacial score (nSPS) is 12.1. The minimum Gasteiger partial charge on any atom is -0.390 e. The number of rotatable bonds is 6. The average Bonchev–Trinajstić information content (AvgIpc) is 3.20. The van der Waals surface area contributed by atoms with Gasteiger partial charge in [0.2, 0.25) is 0 Å². The maximum atomic E-state index is 9.85. The standard InChI is InChI=1S/C24H25ClN6O/c1-14-5-6-18(19(25)9-14)17(4)27-24-15(2)10-21(29-30-24)20-7-8-23(22(12-32)28-20)31-11-16(3)26-13-31/h5-11,13,17,32H,12H2,1-4H3,(H,27,30)/t17-/m1/s1. The van der Waals surface area contributed by atoms with E-state index >= 15 is 0 Å². The number of hydrogen-bond acceptors (Lipinski definition) is 6. The lowest BCUT2D eigenvalue weighted by Gasteiger charge is -2.18. The molecular weight excluding hydrogens is 424 g/mol. The third kappa shape index (κ3) is 4.49. The molecule has 0 bridgehead atoms. The van der Waals surface area contributed by atoms with Gasteiger partial charge in [-0.3, -0.25) is 0 Å². The fraction of sp³-hybridized carbons (Fsp3) is 0.250. The predicted octanol–water partition coefficient (Wildman–Crippen LogP) is 4.97.